The summed E-state index contributed by atoms with van der Waals surface area (Å²) < 4.78 is 10.5. The van der Waals surface area contributed by atoms with Crippen molar-refractivity contribution < 1.29 is 13.9 Å². The van der Waals surface area contributed by atoms with E-state index in [0.717, 1.165) is 5.56 Å². The number of amides is 1. The van der Waals surface area contributed by atoms with Crippen molar-refractivity contribution in [2.45, 2.75) is 13.5 Å². The van der Waals surface area contributed by atoms with Crippen LogP contribution in [-0.2, 0) is 6.54 Å². The van der Waals surface area contributed by atoms with Crippen LogP contribution >= 0.6 is 0 Å². The molecule has 0 bridgehead atoms. The van der Waals surface area contributed by atoms with Crippen LogP contribution in [0.2, 0.25) is 0 Å². The van der Waals surface area contributed by atoms with Gasteiger partial charge >= 0.3 is 0 Å². The van der Waals surface area contributed by atoms with Crippen molar-refractivity contribution in [2.24, 2.45) is 5.73 Å². The zero-order chi connectivity index (χ0) is 13.8. The number of hydrogen-bond donors (Lipinski definition) is 2. The topological polar surface area (TPSA) is 77.5 Å². The molecule has 0 aliphatic rings. The molecule has 5 nitrogen and oxygen atoms in total. The molecule has 0 saturated carbocycles. The van der Waals surface area contributed by atoms with E-state index in [9.17, 15) is 4.79 Å². The highest BCUT2D eigenvalue weighted by Crippen LogP contribution is 2.26. The predicted octanol–water partition coefficient (Wildman–Crippen LogP) is 2.31. The molecular weight excluding hydrogens is 244 g/mol. The summed E-state index contributed by atoms with van der Waals surface area (Å²) in [6.07, 6.45) is 0. The zero-order valence-corrected chi connectivity index (χ0v) is 10.9. The van der Waals surface area contributed by atoms with Crippen LogP contribution in [0.4, 0.5) is 5.69 Å². The van der Waals surface area contributed by atoms with Crippen LogP contribution < -0.4 is 15.8 Å². The van der Waals surface area contributed by atoms with Crippen molar-refractivity contribution in [1.29, 1.82) is 0 Å². The fourth-order valence-electron chi connectivity index (χ4n) is 1.71. The maximum atomic E-state index is 12.0. The van der Waals surface area contributed by atoms with Crippen molar-refractivity contribution in [3.8, 4) is 5.75 Å². The molecule has 0 fully saturated rings. The Balaban J connectivity index is 2.21. The van der Waals surface area contributed by atoms with Gasteiger partial charge in [-0.15, -0.1) is 0 Å². The smallest absolute Gasteiger partial charge is 0.291 e. The molecule has 5 heteroatoms. The third-order valence-corrected chi connectivity index (χ3v) is 2.71. The first-order valence-corrected chi connectivity index (χ1v) is 5.89. The summed E-state index contributed by atoms with van der Waals surface area (Å²) in [5.41, 5.74) is 7.08. The lowest BCUT2D eigenvalue weighted by Crippen LogP contribution is -2.12. The number of rotatable bonds is 4. The van der Waals surface area contributed by atoms with E-state index >= 15 is 0 Å². The van der Waals surface area contributed by atoms with E-state index in [1.54, 1.807) is 38.3 Å². The minimum Gasteiger partial charge on any atom is -0.495 e. The maximum Gasteiger partial charge on any atom is 0.291 e. The number of nitrogens with two attached hydrogens (primary N) is 1. The summed E-state index contributed by atoms with van der Waals surface area (Å²) in [6.45, 7) is 2.20. The number of ether oxygens (including phenoxy) is 1. The molecule has 3 N–H and O–H groups in total. The number of hydrogen-bond acceptors (Lipinski definition) is 4. The number of furan rings is 1. The Bertz CT molecular complexity index is 590. The fourth-order valence-corrected chi connectivity index (χ4v) is 1.71. The standard InChI is InChI=1S/C14H16N2O3/c1-9-3-6-12(19-9)14(17)16-11-5-4-10(8-15)7-13(11)18-2/h3-7H,8,15H2,1-2H3,(H,16,17). The highest BCUT2D eigenvalue weighted by atomic mass is 16.5. The molecule has 0 spiro atoms. The average Bonchev–Trinajstić information content (AvgIpc) is 2.86. The normalized spacial score (nSPS) is 10.3. The second-order valence-electron chi connectivity index (χ2n) is 4.10. The minimum atomic E-state index is -0.313. The lowest BCUT2D eigenvalue weighted by molar-refractivity contribution is 0.0995. The highest BCUT2D eigenvalue weighted by Gasteiger charge is 2.13. The van der Waals surface area contributed by atoms with Gasteiger partial charge in [-0.1, -0.05) is 6.07 Å². The molecule has 0 aliphatic heterocycles. The number of carbonyl (C=O) groups is 1. The first-order chi connectivity index (χ1) is 9.13. The van der Waals surface area contributed by atoms with Gasteiger partial charge in [-0.05, 0) is 36.8 Å². The van der Waals surface area contributed by atoms with Gasteiger partial charge in [0.1, 0.15) is 11.5 Å². The monoisotopic (exact) mass is 260 g/mol. The van der Waals surface area contributed by atoms with E-state index in [0.29, 0.717) is 23.7 Å². The average molecular weight is 260 g/mol. The molecule has 1 amide bonds. The van der Waals surface area contributed by atoms with Crippen LogP contribution in [0.3, 0.4) is 0 Å². The number of benzene rings is 1. The van der Waals surface area contributed by atoms with Gasteiger partial charge in [-0.3, -0.25) is 4.79 Å². The molecule has 0 saturated heterocycles. The second kappa shape index (κ2) is 5.58. The van der Waals surface area contributed by atoms with Crippen molar-refractivity contribution in [3.63, 3.8) is 0 Å². The Morgan fingerprint density at radius 3 is 2.74 bits per heavy atom. The molecular formula is C14H16N2O3. The van der Waals surface area contributed by atoms with Gasteiger partial charge in [-0.25, -0.2) is 0 Å². The molecule has 100 valence electrons. The van der Waals surface area contributed by atoms with E-state index in [1.807, 2.05) is 6.07 Å². The Hall–Kier alpha value is -2.27. The Labute approximate surface area is 111 Å². The molecule has 1 aromatic heterocycles. The first-order valence-electron chi connectivity index (χ1n) is 5.89. The zero-order valence-electron chi connectivity index (χ0n) is 10.9. The van der Waals surface area contributed by atoms with Gasteiger partial charge in [0.15, 0.2) is 5.76 Å². The molecule has 1 aromatic carbocycles. The molecule has 0 atom stereocenters. The van der Waals surface area contributed by atoms with E-state index < -0.39 is 0 Å². The molecule has 0 aliphatic carbocycles. The van der Waals surface area contributed by atoms with Crippen molar-refractivity contribution in [1.82, 2.24) is 0 Å². The van der Waals surface area contributed by atoms with Gasteiger partial charge in [-0.2, -0.15) is 0 Å². The largest absolute Gasteiger partial charge is 0.495 e. The van der Waals surface area contributed by atoms with Crippen molar-refractivity contribution in [3.05, 3.63) is 47.4 Å². The van der Waals surface area contributed by atoms with Gasteiger partial charge < -0.3 is 20.2 Å². The van der Waals surface area contributed by atoms with Crippen LogP contribution in [0.25, 0.3) is 0 Å². The molecule has 0 unspecified atom stereocenters. The van der Waals surface area contributed by atoms with E-state index in [-0.39, 0.29) is 11.7 Å². The maximum absolute atomic E-state index is 12.0. The number of carbonyl (C=O) groups excluding carboxylic acids is 1. The summed E-state index contributed by atoms with van der Waals surface area (Å²) in [5.74, 6) is 1.21. The summed E-state index contributed by atoms with van der Waals surface area (Å²) in [6, 6.07) is 8.76. The molecule has 19 heavy (non-hydrogen) atoms. The SMILES string of the molecule is COc1cc(CN)ccc1NC(=O)c1ccc(C)o1. The fraction of sp³-hybridized carbons (Fsp3) is 0.214. The summed E-state index contributed by atoms with van der Waals surface area (Å²) in [4.78, 5) is 12.0. The summed E-state index contributed by atoms with van der Waals surface area (Å²) in [5, 5.41) is 2.74. The third-order valence-electron chi connectivity index (χ3n) is 2.71. The van der Waals surface area contributed by atoms with Gasteiger partial charge in [0.2, 0.25) is 0 Å². The number of aryl methyl sites for hydroxylation is 1. The predicted molar refractivity (Wildman–Crippen MR) is 72.3 cm³/mol. The molecule has 2 aromatic rings. The molecule has 1 heterocycles. The van der Waals surface area contributed by atoms with Crippen LogP contribution in [0.15, 0.2) is 34.7 Å². The van der Waals surface area contributed by atoms with Gasteiger partial charge in [0, 0.05) is 6.54 Å². The van der Waals surface area contributed by atoms with E-state index in [2.05, 4.69) is 5.32 Å². The van der Waals surface area contributed by atoms with E-state index in [4.69, 9.17) is 14.9 Å². The lowest BCUT2D eigenvalue weighted by atomic mass is 10.2. The Morgan fingerprint density at radius 1 is 1.37 bits per heavy atom. The lowest BCUT2D eigenvalue weighted by Gasteiger charge is -2.10. The van der Waals surface area contributed by atoms with Crippen molar-refractivity contribution >= 4 is 11.6 Å². The Kier molecular flexibility index (Phi) is 3.87. The Morgan fingerprint density at radius 2 is 2.16 bits per heavy atom. The van der Waals surface area contributed by atoms with Crippen molar-refractivity contribution in [2.75, 3.05) is 12.4 Å². The number of anilines is 1. The number of nitrogens with one attached hydrogen (secondary N) is 1. The number of methoxy groups -OCH3 is 1. The summed E-state index contributed by atoms with van der Waals surface area (Å²) in [7, 11) is 1.54. The first kappa shape index (κ1) is 13.2. The minimum absolute atomic E-state index is 0.266. The highest BCUT2D eigenvalue weighted by molar-refractivity contribution is 6.03. The van der Waals surface area contributed by atoms with Gasteiger partial charge in [0.05, 0.1) is 12.8 Å². The molecule has 0 radical (unpaired) electrons. The third kappa shape index (κ3) is 2.95. The summed E-state index contributed by atoms with van der Waals surface area (Å²) >= 11 is 0. The van der Waals surface area contributed by atoms with Crippen LogP contribution in [0.5, 0.6) is 5.75 Å². The van der Waals surface area contributed by atoms with E-state index in [1.165, 1.54) is 0 Å². The van der Waals surface area contributed by atoms with Crippen LogP contribution in [-0.4, -0.2) is 13.0 Å². The molecule has 2 rings (SSSR count). The van der Waals surface area contributed by atoms with Crippen LogP contribution in [0, 0.1) is 6.92 Å². The van der Waals surface area contributed by atoms with Crippen LogP contribution in [0.1, 0.15) is 21.9 Å². The quantitative estimate of drug-likeness (QED) is 0.884. The van der Waals surface area contributed by atoms with Gasteiger partial charge in [0.25, 0.3) is 5.91 Å². The second-order valence-corrected chi connectivity index (χ2v) is 4.10.